The Labute approximate surface area is 137 Å². The van der Waals surface area contributed by atoms with Crippen molar-refractivity contribution in [2.75, 3.05) is 0 Å². The van der Waals surface area contributed by atoms with Crippen molar-refractivity contribution >= 4 is 27.3 Å². The molecule has 0 aliphatic rings. The zero-order chi connectivity index (χ0) is 17.0. The van der Waals surface area contributed by atoms with Gasteiger partial charge in [-0.15, -0.1) is 0 Å². The van der Waals surface area contributed by atoms with Crippen LogP contribution in [0.15, 0.2) is 42.5 Å². The van der Waals surface area contributed by atoms with Gasteiger partial charge in [0, 0.05) is 18.2 Å². The van der Waals surface area contributed by atoms with Crippen molar-refractivity contribution in [1.29, 1.82) is 0 Å². The van der Waals surface area contributed by atoms with E-state index in [9.17, 15) is 22.9 Å². The molecule has 2 aromatic carbocycles. The molecule has 122 valence electrons. The summed E-state index contributed by atoms with van der Waals surface area (Å²) in [6.45, 7) is -0.0943. The molecule has 2 aromatic rings. The van der Waals surface area contributed by atoms with E-state index < -0.39 is 26.5 Å². The molecule has 0 aliphatic heterocycles. The van der Waals surface area contributed by atoms with Crippen molar-refractivity contribution in [3.8, 4) is 0 Å². The first-order valence-electron chi connectivity index (χ1n) is 6.42. The lowest BCUT2D eigenvalue weighted by Crippen LogP contribution is -2.25. The highest BCUT2D eigenvalue weighted by molar-refractivity contribution is 7.88. The minimum atomic E-state index is -3.80. The second kappa shape index (κ2) is 7.03. The summed E-state index contributed by atoms with van der Waals surface area (Å²) in [5, 5.41) is 10.8. The Hall–Kier alpha value is -2.03. The van der Waals surface area contributed by atoms with Gasteiger partial charge in [0.05, 0.1) is 15.7 Å². The molecule has 0 heterocycles. The van der Waals surface area contributed by atoms with Gasteiger partial charge in [-0.1, -0.05) is 35.9 Å². The number of nitro benzene ring substituents is 1. The Morgan fingerprint density at radius 1 is 1.22 bits per heavy atom. The molecule has 0 saturated carbocycles. The molecule has 0 bridgehead atoms. The summed E-state index contributed by atoms with van der Waals surface area (Å²) in [5.41, 5.74) is 0.298. The van der Waals surface area contributed by atoms with E-state index in [1.54, 1.807) is 0 Å². The number of nitrogens with one attached hydrogen (secondary N) is 1. The van der Waals surface area contributed by atoms with Crippen LogP contribution in [0.2, 0.25) is 5.02 Å². The SMILES string of the molecule is O=[N+]([O-])c1ccccc1CS(=O)(=O)NCc1ccc(F)c(Cl)c1. The Balaban J connectivity index is 2.11. The fraction of sp³-hybridized carbons (Fsp3) is 0.143. The van der Waals surface area contributed by atoms with Gasteiger partial charge in [-0.25, -0.2) is 17.5 Å². The standard InChI is InChI=1S/C14H12ClFN2O4S/c15-12-7-10(5-6-13(12)16)8-17-23(21,22)9-11-3-1-2-4-14(11)18(19)20/h1-7,17H,8-9H2. The topological polar surface area (TPSA) is 89.3 Å². The highest BCUT2D eigenvalue weighted by atomic mass is 35.5. The molecular weight excluding hydrogens is 347 g/mol. The predicted molar refractivity (Wildman–Crippen MR) is 84.0 cm³/mol. The Bertz CT molecular complexity index is 842. The van der Waals surface area contributed by atoms with Gasteiger partial charge in [0.1, 0.15) is 5.82 Å². The van der Waals surface area contributed by atoms with Crippen LogP contribution in [0.1, 0.15) is 11.1 Å². The molecule has 0 unspecified atom stereocenters. The molecular formula is C14H12ClFN2O4S. The van der Waals surface area contributed by atoms with Gasteiger partial charge >= 0.3 is 0 Å². The monoisotopic (exact) mass is 358 g/mol. The quantitative estimate of drug-likeness (QED) is 0.635. The maximum atomic E-state index is 13.0. The Morgan fingerprint density at radius 3 is 2.57 bits per heavy atom. The third-order valence-corrected chi connectivity index (χ3v) is 4.58. The van der Waals surface area contributed by atoms with Crippen LogP contribution in [0.4, 0.5) is 10.1 Å². The lowest BCUT2D eigenvalue weighted by atomic mass is 10.2. The first-order valence-corrected chi connectivity index (χ1v) is 8.45. The first kappa shape index (κ1) is 17.3. The van der Waals surface area contributed by atoms with Crippen LogP contribution in [-0.4, -0.2) is 13.3 Å². The van der Waals surface area contributed by atoms with Crippen molar-refractivity contribution in [2.24, 2.45) is 0 Å². The molecule has 0 aromatic heterocycles. The van der Waals surface area contributed by atoms with E-state index in [1.165, 1.54) is 36.4 Å². The van der Waals surface area contributed by atoms with Crippen LogP contribution >= 0.6 is 11.6 Å². The summed E-state index contributed by atoms with van der Waals surface area (Å²) in [4.78, 5) is 10.3. The van der Waals surface area contributed by atoms with Gasteiger partial charge in [-0.2, -0.15) is 0 Å². The molecule has 2 rings (SSSR count). The molecule has 0 amide bonds. The zero-order valence-electron chi connectivity index (χ0n) is 11.7. The number of halogens is 2. The minimum absolute atomic E-state index is 0.0853. The van der Waals surface area contributed by atoms with Gasteiger partial charge in [0.15, 0.2) is 0 Å². The normalized spacial score (nSPS) is 11.4. The van der Waals surface area contributed by atoms with E-state index in [0.717, 1.165) is 6.07 Å². The largest absolute Gasteiger partial charge is 0.273 e. The molecule has 23 heavy (non-hydrogen) atoms. The van der Waals surface area contributed by atoms with Crippen LogP contribution in [0.25, 0.3) is 0 Å². The maximum Gasteiger partial charge on any atom is 0.273 e. The minimum Gasteiger partial charge on any atom is -0.258 e. The fourth-order valence-electron chi connectivity index (χ4n) is 1.91. The van der Waals surface area contributed by atoms with Crippen molar-refractivity contribution in [3.05, 3.63) is 74.5 Å². The Kier molecular flexibility index (Phi) is 5.30. The number of nitro groups is 1. The molecule has 6 nitrogen and oxygen atoms in total. The molecule has 1 N–H and O–H groups in total. The average molecular weight is 359 g/mol. The van der Waals surface area contributed by atoms with Crippen LogP contribution in [0.5, 0.6) is 0 Å². The highest BCUT2D eigenvalue weighted by Gasteiger charge is 2.19. The fourth-order valence-corrected chi connectivity index (χ4v) is 3.25. The molecule has 9 heteroatoms. The smallest absolute Gasteiger partial charge is 0.258 e. The second-order valence-corrected chi connectivity index (χ2v) is 6.93. The predicted octanol–water partition coefficient (Wildman–Crippen LogP) is 3.01. The van der Waals surface area contributed by atoms with Gasteiger partial charge in [0.2, 0.25) is 10.0 Å². The number of sulfonamides is 1. The number of nitrogens with zero attached hydrogens (tertiary/aromatic N) is 1. The molecule has 0 radical (unpaired) electrons. The lowest BCUT2D eigenvalue weighted by Gasteiger charge is -2.08. The van der Waals surface area contributed by atoms with Crippen molar-refractivity contribution in [3.63, 3.8) is 0 Å². The van der Waals surface area contributed by atoms with Crippen LogP contribution in [0, 0.1) is 15.9 Å². The molecule has 0 aliphatic carbocycles. The van der Waals surface area contributed by atoms with Gasteiger partial charge in [-0.05, 0) is 17.7 Å². The highest BCUT2D eigenvalue weighted by Crippen LogP contribution is 2.20. The number of benzene rings is 2. The average Bonchev–Trinajstić information content (AvgIpc) is 2.48. The Morgan fingerprint density at radius 2 is 1.91 bits per heavy atom. The molecule has 0 fully saturated rings. The van der Waals surface area contributed by atoms with Crippen molar-refractivity contribution < 1.29 is 17.7 Å². The van der Waals surface area contributed by atoms with E-state index in [4.69, 9.17) is 11.6 Å². The summed E-state index contributed by atoms with van der Waals surface area (Å²) in [5.74, 6) is -1.13. The van der Waals surface area contributed by atoms with Crippen molar-refractivity contribution in [1.82, 2.24) is 4.72 Å². The molecule has 0 saturated heterocycles. The number of rotatable bonds is 6. The van der Waals surface area contributed by atoms with Crippen LogP contribution < -0.4 is 4.72 Å². The third kappa shape index (κ3) is 4.72. The maximum absolute atomic E-state index is 13.0. The summed E-state index contributed by atoms with van der Waals surface area (Å²) >= 11 is 5.62. The van der Waals surface area contributed by atoms with Gasteiger partial charge in [-0.3, -0.25) is 10.1 Å². The third-order valence-electron chi connectivity index (χ3n) is 3.01. The van der Waals surface area contributed by atoms with Gasteiger partial charge in [0.25, 0.3) is 5.69 Å². The second-order valence-electron chi connectivity index (χ2n) is 4.71. The number of para-hydroxylation sites is 1. The number of hydrogen-bond donors (Lipinski definition) is 1. The van der Waals surface area contributed by atoms with Crippen LogP contribution in [-0.2, 0) is 22.3 Å². The zero-order valence-corrected chi connectivity index (χ0v) is 13.3. The molecule has 0 spiro atoms. The van der Waals surface area contributed by atoms with E-state index in [-0.39, 0.29) is 22.8 Å². The summed E-state index contributed by atoms with van der Waals surface area (Å²) in [7, 11) is -3.80. The summed E-state index contributed by atoms with van der Waals surface area (Å²) in [6, 6.07) is 9.45. The van der Waals surface area contributed by atoms with E-state index in [1.807, 2.05) is 0 Å². The number of hydrogen-bond acceptors (Lipinski definition) is 4. The van der Waals surface area contributed by atoms with Crippen molar-refractivity contribution in [2.45, 2.75) is 12.3 Å². The van der Waals surface area contributed by atoms with Crippen LogP contribution in [0.3, 0.4) is 0 Å². The van der Waals surface area contributed by atoms with E-state index in [2.05, 4.69) is 4.72 Å². The lowest BCUT2D eigenvalue weighted by molar-refractivity contribution is -0.385. The summed E-state index contributed by atoms with van der Waals surface area (Å²) in [6.07, 6.45) is 0. The summed E-state index contributed by atoms with van der Waals surface area (Å²) < 4.78 is 39.5. The van der Waals surface area contributed by atoms with E-state index >= 15 is 0 Å². The van der Waals surface area contributed by atoms with Gasteiger partial charge < -0.3 is 0 Å². The first-order chi connectivity index (χ1) is 10.8. The molecule has 0 atom stereocenters. The van der Waals surface area contributed by atoms with E-state index in [0.29, 0.717) is 5.56 Å².